The molecule has 0 aromatic carbocycles. The maximum absolute atomic E-state index is 13.1. The molecule has 0 saturated carbocycles. The van der Waals surface area contributed by atoms with E-state index >= 15 is 0 Å². The van der Waals surface area contributed by atoms with Gasteiger partial charge >= 0.3 is 39.5 Å². The van der Waals surface area contributed by atoms with E-state index in [1.807, 2.05) is 0 Å². The molecule has 17 nitrogen and oxygen atoms in total. The van der Waals surface area contributed by atoms with Crippen LogP contribution in [0.1, 0.15) is 310 Å². The average Bonchev–Trinajstić information content (AvgIpc) is 0.896. The zero-order valence-corrected chi connectivity index (χ0v) is 69.0. The van der Waals surface area contributed by atoms with Gasteiger partial charge in [-0.25, -0.2) is 9.13 Å². The molecule has 0 amide bonds. The first kappa shape index (κ1) is 102. The van der Waals surface area contributed by atoms with Gasteiger partial charge in [0, 0.05) is 25.7 Å². The van der Waals surface area contributed by atoms with Crippen LogP contribution in [0.3, 0.4) is 0 Å². The van der Waals surface area contributed by atoms with Crippen LogP contribution in [0.5, 0.6) is 0 Å². The number of esters is 4. The molecule has 0 bridgehead atoms. The maximum atomic E-state index is 13.1. The molecule has 0 fully saturated rings. The minimum atomic E-state index is -5.00. The van der Waals surface area contributed by atoms with Gasteiger partial charge in [-0.15, -0.1) is 0 Å². The Balaban J connectivity index is 5.46. The highest BCUT2D eigenvalue weighted by molar-refractivity contribution is 7.47. The van der Waals surface area contributed by atoms with Crippen molar-refractivity contribution in [2.45, 2.75) is 329 Å². The summed E-state index contributed by atoms with van der Waals surface area (Å²) >= 11 is 0. The molecule has 0 aromatic rings. The lowest BCUT2D eigenvalue weighted by Gasteiger charge is -2.21. The Labute approximate surface area is 654 Å². The van der Waals surface area contributed by atoms with Crippen molar-refractivity contribution < 1.29 is 80.2 Å². The average molecular weight is 1550 g/mol. The summed E-state index contributed by atoms with van der Waals surface area (Å²) in [5, 5.41) is 10.7. The van der Waals surface area contributed by atoms with E-state index in [0.29, 0.717) is 25.7 Å². The lowest BCUT2D eigenvalue weighted by molar-refractivity contribution is -0.161. The molecule has 0 aliphatic carbocycles. The lowest BCUT2D eigenvalue weighted by Crippen LogP contribution is -2.30. The zero-order chi connectivity index (χ0) is 78.9. The number of hydrogen-bond donors (Lipinski definition) is 3. The van der Waals surface area contributed by atoms with E-state index in [-0.39, 0.29) is 25.7 Å². The van der Waals surface area contributed by atoms with Crippen LogP contribution in [0.15, 0.2) is 170 Å². The first-order valence-electron chi connectivity index (χ1n) is 41.4. The second-order valence-electron chi connectivity index (χ2n) is 26.9. The van der Waals surface area contributed by atoms with Gasteiger partial charge in [-0.3, -0.25) is 37.3 Å². The number of aliphatic hydroxyl groups excluding tert-OH is 1. The van der Waals surface area contributed by atoms with Crippen molar-refractivity contribution in [3.8, 4) is 0 Å². The third kappa shape index (κ3) is 78.5. The van der Waals surface area contributed by atoms with E-state index < -0.39 is 97.5 Å². The summed E-state index contributed by atoms with van der Waals surface area (Å²) < 4.78 is 68.7. The Morgan fingerprint density at radius 1 is 0.269 bits per heavy atom. The number of phosphoric ester groups is 2. The van der Waals surface area contributed by atoms with Gasteiger partial charge in [0.15, 0.2) is 12.2 Å². The molecule has 3 N–H and O–H groups in total. The summed E-state index contributed by atoms with van der Waals surface area (Å²) in [7, 11) is -10.00. The van der Waals surface area contributed by atoms with Crippen LogP contribution >= 0.6 is 15.6 Å². The second kappa shape index (κ2) is 79.5. The Bertz CT molecular complexity index is 2710. The molecule has 0 aromatic heterocycles. The van der Waals surface area contributed by atoms with E-state index in [0.717, 1.165) is 212 Å². The van der Waals surface area contributed by atoms with Crippen molar-refractivity contribution in [3.05, 3.63) is 170 Å². The largest absolute Gasteiger partial charge is 0.472 e. The normalized spacial score (nSPS) is 14.7. The van der Waals surface area contributed by atoms with E-state index in [2.05, 4.69) is 198 Å². The van der Waals surface area contributed by atoms with Gasteiger partial charge < -0.3 is 33.8 Å². The van der Waals surface area contributed by atoms with Crippen LogP contribution in [0.2, 0.25) is 0 Å². The highest BCUT2D eigenvalue weighted by atomic mass is 31.2. The number of aliphatic hydroxyl groups is 1. The van der Waals surface area contributed by atoms with Crippen molar-refractivity contribution in [2.24, 2.45) is 0 Å². The van der Waals surface area contributed by atoms with Gasteiger partial charge in [0.05, 0.1) is 26.4 Å². The van der Waals surface area contributed by atoms with Crippen molar-refractivity contribution >= 4 is 39.5 Å². The maximum Gasteiger partial charge on any atom is 0.472 e. The van der Waals surface area contributed by atoms with E-state index in [1.54, 1.807) is 0 Å². The molecule has 0 aliphatic heterocycles. The highest BCUT2D eigenvalue weighted by Gasteiger charge is 2.30. The lowest BCUT2D eigenvalue weighted by atomic mass is 10.1. The highest BCUT2D eigenvalue weighted by Crippen LogP contribution is 2.45. The zero-order valence-electron chi connectivity index (χ0n) is 67.2. The molecule has 0 heterocycles. The van der Waals surface area contributed by atoms with Crippen LogP contribution in [0, 0.1) is 0 Å². The third-order valence-corrected chi connectivity index (χ3v) is 18.6. The minimum Gasteiger partial charge on any atom is -0.462 e. The smallest absolute Gasteiger partial charge is 0.462 e. The van der Waals surface area contributed by atoms with Gasteiger partial charge in [-0.05, 0) is 173 Å². The topological polar surface area (TPSA) is 237 Å². The predicted octanol–water partition coefficient (Wildman–Crippen LogP) is 24.6. The van der Waals surface area contributed by atoms with Crippen molar-refractivity contribution in [1.29, 1.82) is 0 Å². The fraction of sp³-hybridized carbons (Fsp3) is 0.640. The molecule has 5 atom stereocenters. The molecule has 5 unspecified atom stereocenters. The number of carbonyl (C=O) groups excluding carboxylic acids is 4. The van der Waals surface area contributed by atoms with Crippen LogP contribution in [-0.2, 0) is 65.4 Å². The minimum absolute atomic E-state index is 0.0642. The Morgan fingerprint density at radius 2 is 0.481 bits per heavy atom. The number of phosphoric acid groups is 2. The fourth-order valence-electron chi connectivity index (χ4n) is 10.5. The number of unbranched alkanes of at least 4 members (excludes halogenated alkanes) is 22. The molecule has 0 radical (unpaired) electrons. The van der Waals surface area contributed by atoms with Crippen LogP contribution in [-0.4, -0.2) is 96.7 Å². The van der Waals surface area contributed by atoms with E-state index in [1.165, 1.54) is 19.3 Å². The van der Waals surface area contributed by atoms with Crippen LogP contribution in [0.25, 0.3) is 0 Å². The number of carbonyl (C=O) groups is 4. The molecule has 0 aliphatic rings. The van der Waals surface area contributed by atoms with Crippen molar-refractivity contribution in [2.75, 3.05) is 39.6 Å². The first-order chi connectivity index (χ1) is 52.7. The molecule has 19 heteroatoms. The van der Waals surface area contributed by atoms with Gasteiger partial charge in [-0.2, -0.15) is 0 Å². The molecule has 0 saturated heterocycles. The number of hydrogen-bond acceptors (Lipinski definition) is 15. The van der Waals surface area contributed by atoms with Gasteiger partial charge in [0.2, 0.25) is 0 Å². The summed E-state index contributed by atoms with van der Waals surface area (Å²) in [5.74, 6) is -2.27. The van der Waals surface area contributed by atoms with Crippen molar-refractivity contribution in [1.82, 2.24) is 0 Å². The number of ether oxygens (including phenoxy) is 4. The SMILES string of the molecule is CC/C=C\C/C=C\C/C=C\C/C=C\C/C=C\CCCCCC(=O)OCC(COP(=O)(O)OCC(O)COP(=O)(O)OCC(COC(=O)CCCCCCC/C=C\C/C=C\C/C=C\CC)OC(=O)CCCCCCC/C=C\C/C=C\CCCCC)OC(=O)CCCCCCCC/C=C\C/C=C\C/C=C\C/C=C\CC. The van der Waals surface area contributed by atoms with Gasteiger partial charge in [0.25, 0.3) is 0 Å². The fourth-order valence-corrected chi connectivity index (χ4v) is 12.0. The molecular weight excluding hydrogens is 1400 g/mol. The Kier molecular flexibility index (Phi) is 75.4. The molecule has 0 rings (SSSR count). The second-order valence-corrected chi connectivity index (χ2v) is 29.8. The molecule has 108 heavy (non-hydrogen) atoms. The third-order valence-electron chi connectivity index (χ3n) is 16.7. The quantitative estimate of drug-likeness (QED) is 0.0169. The van der Waals surface area contributed by atoms with Gasteiger partial charge in [-0.1, -0.05) is 281 Å². The molecule has 614 valence electrons. The van der Waals surface area contributed by atoms with Gasteiger partial charge in [0.1, 0.15) is 19.3 Å². The van der Waals surface area contributed by atoms with Crippen LogP contribution in [0.4, 0.5) is 0 Å². The summed E-state index contributed by atoms with van der Waals surface area (Å²) in [6.45, 7) is 4.43. The monoisotopic (exact) mass is 1550 g/mol. The predicted molar refractivity (Wildman–Crippen MR) is 445 cm³/mol. The Morgan fingerprint density at radius 3 is 0.750 bits per heavy atom. The number of rotatable bonds is 76. The molecule has 0 spiro atoms. The summed E-state index contributed by atoms with van der Waals surface area (Å²) in [4.78, 5) is 73.2. The summed E-state index contributed by atoms with van der Waals surface area (Å²) in [6.07, 6.45) is 94.6. The van der Waals surface area contributed by atoms with E-state index in [9.17, 15) is 43.2 Å². The number of allylic oxidation sites excluding steroid dienone is 28. The molecular formula is C89H146O17P2. The van der Waals surface area contributed by atoms with E-state index in [4.69, 9.17) is 37.0 Å². The first-order valence-corrected chi connectivity index (χ1v) is 44.4. The Hall–Kier alpha value is -5.58. The summed E-state index contributed by atoms with van der Waals surface area (Å²) in [6, 6.07) is 0. The van der Waals surface area contributed by atoms with Crippen LogP contribution < -0.4 is 0 Å². The van der Waals surface area contributed by atoms with Crippen molar-refractivity contribution in [3.63, 3.8) is 0 Å². The summed E-state index contributed by atoms with van der Waals surface area (Å²) in [5.41, 5.74) is 0. The standard InChI is InChI=1S/C89H146O17P2/c1-5-9-13-17-21-25-29-33-37-39-41-43-47-50-54-58-62-66-70-74-87(92)100-80-85(106-89(94)76-72-68-64-60-56-52-48-44-42-40-38-34-30-26-22-18-14-10-6-2)82-104-108(97,98)102-78-83(90)77-101-107(95,96)103-81-84(105-88(93)75-71-67-63-59-55-51-46-36-32-28-24-20-16-12-8-4)79-99-86(91)73-69-65-61-57-53-49-45-35-31-27-23-19-15-11-7-3/h9-11,13-15,21-28,33-38,41-46,50,54,83-85,90H,5-8,12,16-20,29-32,39-40,47-49,51-53,55-82H2,1-4H3,(H,95,96)(H,97,98)/b13-9-,14-10-,15-11-,25-21-,26-22-,27-23-,28-24-,37-33-,38-34-,43-41-,44-42-,45-35-,46-36-,54-50-.